The van der Waals surface area contributed by atoms with Gasteiger partial charge in [0.1, 0.15) is 0 Å². The molecule has 1 aromatic heterocycles. The number of anilines is 1. The molecule has 0 amide bonds. The summed E-state index contributed by atoms with van der Waals surface area (Å²) in [6.45, 7) is 2.72. The van der Waals surface area contributed by atoms with Gasteiger partial charge in [-0.25, -0.2) is 9.37 Å². The van der Waals surface area contributed by atoms with E-state index >= 15 is 0 Å². The molecule has 0 aliphatic rings. The van der Waals surface area contributed by atoms with Crippen LogP contribution in [0.3, 0.4) is 0 Å². The van der Waals surface area contributed by atoms with Crippen molar-refractivity contribution < 1.29 is 17.9 Å². The highest BCUT2D eigenvalue weighted by atomic mass is 32.1. The van der Waals surface area contributed by atoms with Crippen LogP contribution in [0.25, 0.3) is 0 Å². The third-order valence-corrected chi connectivity index (χ3v) is 4.12. The number of hydrogen-bond acceptors (Lipinski definition) is 4. The fraction of sp³-hybridized carbons (Fsp3) is 0.357. The Balaban J connectivity index is 2.13. The van der Waals surface area contributed by atoms with Gasteiger partial charge in [0.25, 0.3) is 0 Å². The summed E-state index contributed by atoms with van der Waals surface area (Å²) in [4.78, 5) is 5.40. The third kappa shape index (κ3) is 3.87. The first-order valence-corrected chi connectivity index (χ1v) is 7.13. The smallest absolute Gasteiger partial charge is 0.387 e. The summed E-state index contributed by atoms with van der Waals surface area (Å²) in [6.07, 6.45) is 0. The Kier molecular flexibility index (Phi) is 4.72. The molecule has 0 saturated carbocycles. The van der Waals surface area contributed by atoms with E-state index in [1.165, 1.54) is 12.1 Å². The van der Waals surface area contributed by atoms with Crippen LogP contribution in [0.2, 0.25) is 0 Å². The maximum Gasteiger partial charge on any atom is 0.387 e. The molecule has 7 heteroatoms. The molecule has 1 aromatic carbocycles. The first kappa shape index (κ1) is 15.6. The lowest BCUT2D eigenvalue weighted by molar-refractivity contribution is -0.0521. The van der Waals surface area contributed by atoms with Crippen LogP contribution in [0.15, 0.2) is 18.2 Å². The van der Waals surface area contributed by atoms with Crippen molar-refractivity contribution in [2.45, 2.75) is 33.4 Å². The maximum absolute atomic E-state index is 13.6. The molecule has 0 fully saturated rings. The Morgan fingerprint density at radius 3 is 2.52 bits per heavy atom. The molecule has 2 aromatic rings. The van der Waals surface area contributed by atoms with E-state index in [4.69, 9.17) is 0 Å². The predicted molar refractivity (Wildman–Crippen MR) is 76.7 cm³/mol. The summed E-state index contributed by atoms with van der Waals surface area (Å²) in [5, 5.41) is 4.08. The van der Waals surface area contributed by atoms with Gasteiger partial charge in [0.2, 0.25) is 0 Å². The van der Waals surface area contributed by atoms with Crippen LogP contribution in [-0.2, 0) is 0 Å². The number of aryl methyl sites for hydroxylation is 2. The Bertz CT molecular complexity index is 631. The van der Waals surface area contributed by atoms with E-state index in [0.717, 1.165) is 21.6 Å². The van der Waals surface area contributed by atoms with Crippen molar-refractivity contribution in [2.24, 2.45) is 0 Å². The molecular formula is C14H15F3N2OS. The van der Waals surface area contributed by atoms with Crippen LogP contribution >= 0.6 is 11.3 Å². The second-order valence-electron chi connectivity index (χ2n) is 4.57. The first-order valence-electron chi connectivity index (χ1n) is 6.31. The van der Waals surface area contributed by atoms with E-state index in [1.54, 1.807) is 11.3 Å². The van der Waals surface area contributed by atoms with Crippen LogP contribution < -0.4 is 10.1 Å². The minimum absolute atomic E-state index is 0.0579. The minimum Gasteiger partial charge on any atom is -0.432 e. The standard InChI is InChI=1S/C14H15F3N2OS/c1-7-13(21-9(3)18-7)8(2)19-10-4-5-12(11(15)6-10)20-14(16)17/h4-6,8,14,19H,1-3H3. The molecular weight excluding hydrogens is 301 g/mol. The van der Waals surface area contributed by atoms with Crippen LogP contribution in [0, 0.1) is 19.7 Å². The SMILES string of the molecule is Cc1nc(C)c(C(C)Nc2ccc(OC(F)F)c(F)c2)s1. The average molecular weight is 316 g/mol. The van der Waals surface area contributed by atoms with Crippen LogP contribution in [-0.4, -0.2) is 11.6 Å². The molecule has 0 aliphatic heterocycles. The number of nitrogens with one attached hydrogen (secondary N) is 1. The van der Waals surface area contributed by atoms with Crippen molar-refractivity contribution in [3.63, 3.8) is 0 Å². The lowest BCUT2D eigenvalue weighted by Gasteiger charge is -2.15. The van der Waals surface area contributed by atoms with E-state index in [1.807, 2.05) is 20.8 Å². The van der Waals surface area contributed by atoms with Gasteiger partial charge >= 0.3 is 6.61 Å². The summed E-state index contributed by atoms with van der Waals surface area (Å²) in [6, 6.07) is 3.76. The largest absolute Gasteiger partial charge is 0.432 e. The molecule has 0 radical (unpaired) electrons. The van der Waals surface area contributed by atoms with Gasteiger partial charge in [-0.05, 0) is 32.9 Å². The molecule has 1 heterocycles. The zero-order chi connectivity index (χ0) is 15.6. The fourth-order valence-electron chi connectivity index (χ4n) is 2.05. The number of nitrogens with zero attached hydrogens (tertiary/aromatic N) is 1. The van der Waals surface area contributed by atoms with Gasteiger partial charge in [0.05, 0.1) is 16.7 Å². The van der Waals surface area contributed by atoms with E-state index in [9.17, 15) is 13.2 Å². The average Bonchev–Trinajstić information content (AvgIpc) is 2.71. The van der Waals surface area contributed by atoms with E-state index in [2.05, 4.69) is 15.0 Å². The zero-order valence-electron chi connectivity index (χ0n) is 11.8. The van der Waals surface area contributed by atoms with Crippen molar-refractivity contribution in [3.8, 4) is 5.75 Å². The molecule has 0 bridgehead atoms. The van der Waals surface area contributed by atoms with Gasteiger partial charge in [0.15, 0.2) is 11.6 Å². The Labute approximate surface area is 124 Å². The highest BCUT2D eigenvalue weighted by molar-refractivity contribution is 7.11. The van der Waals surface area contributed by atoms with Gasteiger partial charge in [0, 0.05) is 16.6 Å². The van der Waals surface area contributed by atoms with E-state index in [-0.39, 0.29) is 6.04 Å². The van der Waals surface area contributed by atoms with Crippen molar-refractivity contribution in [1.82, 2.24) is 4.98 Å². The Morgan fingerprint density at radius 2 is 2.00 bits per heavy atom. The van der Waals surface area contributed by atoms with Gasteiger partial charge in [-0.3, -0.25) is 0 Å². The van der Waals surface area contributed by atoms with Crippen LogP contribution in [0.5, 0.6) is 5.75 Å². The van der Waals surface area contributed by atoms with Crippen molar-refractivity contribution in [2.75, 3.05) is 5.32 Å². The number of ether oxygens (including phenoxy) is 1. The molecule has 1 atom stereocenters. The van der Waals surface area contributed by atoms with Crippen LogP contribution in [0.1, 0.15) is 28.5 Å². The molecule has 1 unspecified atom stereocenters. The maximum atomic E-state index is 13.6. The number of thiazole rings is 1. The third-order valence-electron chi connectivity index (χ3n) is 2.86. The quantitative estimate of drug-likeness (QED) is 0.870. The minimum atomic E-state index is -3.04. The summed E-state index contributed by atoms with van der Waals surface area (Å²) >= 11 is 1.57. The lowest BCUT2D eigenvalue weighted by atomic mass is 10.2. The molecule has 1 N–H and O–H groups in total. The molecule has 0 aliphatic carbocycles. The highest BCUT2D eigenvalue weighted by Crippen LogP contribution is 2.29. The normalized spacial score (nSPS) is 12.5. The summed E-state index contributed by atoms with van der Waals surface area (Å²) < 4.78 is 41.8. The number of aromatic nitrogens is 1. The Morgan fingerprint density at radius 1 is 1.29 bits per heavy atom. The predicted octanol–water partition coefficient (Wildman–Crippen LogP) is 4.67. The molecule has 21 heavy (non-hydrogen) atoms. The number of hydrogen-bond donors (Lipinski definition) is 1. The van der Waals surface area contributed by atoms with Gasteiger partial charge in [-0.2, -0.15) is 8.78 Å². The number of benzene rings is 1. The van der Waals surface area contributed by atoms with Gasteiger partial charge < -0.3 is 10.1 Å². The van der Waals surface area contributed by atoms with Crippen molar-refractivity contribution >= 4 is 17.0 Å². The second kappa shape index (κ2) is 6.34. The number of rotatable bonds is 5. The molecule has 3 nitrogen and oxygen atoms in total. The monoisotopic (exact) mass is 316 g/mol. The molecule has 0 saturated heterocycles. The van der Waals surface area contributed by atoms with Crippen LogP contribution in [0.4, 0.5) is 18.9 Å². The second-order valence-corrected chi connectivity index (χ2v) is 5.81. The van der Waals surface area contributed by atoms with Gasteiger partial charge in [-0.1, -0.05) is 0 Å². The summed E-state index contributed by atoms with van der Waals surface area (Å²) in [7, 11) is 0. The summed E-state index contributed by atoms with van der Waals surface area (Å²) in [5.41, 5.74) is 1.42. The highest BCUT2D eigenvalue weighted by Gasteiger charge is 2.15. The topological polar surface area (TPSA) is 34.2 Å². The fourth-order valence-corrected chi connectivity index (χ4v) is 2.98. The van der Waals surface area contributed by atoms with Crippen molar-refractivity contribution in [3.05, 3.63) is 39.6 Å². The molecule has 2 rings (SSSR count). The van der Waals surface area contributed by atoms with Gasteiger partial charge in [-0.15, -0.1) is 11.3 Å². The first-order chi connectivity index (χ1) is 9.86. The summed E-state index contributed by atoms with van der Waals surface area (Å²) in [5.74, 6) is -1.29. The van der Waals surface area contributed by atoms with Crippen molar-refractivity contribution in [1.29, 1.82) is 0 Å². The zero-order valence-corrected chi connectivity index (χ0v) is 12.6. The Hall–Kier alpha value is -1.76. The molecule has 0 spiro atoms. The lowest BCUT2D eigenvalue weighted by Crippen LogP contribution is -2.08. The number of alkyl halides is 2. The number of halogens is 3. The van der Waals surface area contributed by atoms with E-state index in [0.29, 0.717) is 5.69 Å². The molecule has 114 valence electrons. The van der Waals surface area contributed by atoms with E-state index < -0.39 is 18.2 Å².